The van der Waals surface area contributed by atoms with Crippen LogP contribution in [0.3, 0.4) is 0 Å². The van der Waals surface area contributed by atoms with Crippen molar-refractivity contribution in [1.29, 1.82) is 0 Å². The summed E-state index contributed by atoms with van der Waals surface area (Å²) >= 11 is 0. The Labute approximate surface area is 112 Å². The summed E-state index contributed by atoms with van der Waals surface area (Å²) in [5.74, 6) is -8.25. The minimum atomic E-state index is -1.71. The van der Waals surface area contributed by atoms with Gasteiger partial charge in [0.05, 0.1) is 0 Å². The molecule has 0 aliphatic carbocycles. The molecule has 1 unspecified atom stereocenters. The number of hydrogen-bond acceptors (Lipinski definition) is 4. The summed E-state index contributed by atoms with van der Waals surface area (Å²) in [5, 5.41) is 9.51. The van der Waals surface area contributed by atoms with Gasteiger partial charge in [0.2, 0.25) is 11.6 Å². The lowest BCUT2D eigenvalue weighted by Gasteiger charge is -2.18. The predicted molar refractivity (Wildman–Crippen MR) is 61.0 cm³/mol. The molecule has 1 rings (SSSR count). The molecule has 1 aromatic rings. The van der Waals surface area contributed by atoms with E-state index in [0.29, 0.717) is 0 Å². The number of aliphatic hydroxyl groups excluding tert-OH is 1. The molecule has 0 amide bonds. The van der Waals surface area contributed by atoms with Gasteiger partial charge in [0.15, 0.2) is 17.4 Å². The number of nitrogens with two attached hydrogens (primary N) is 1. The van der Waals surface area contributed by atoms with Crippen molar-refractivity contribution in [2.75, 3.05) is 6.61 Å². The number of aliphatic hydroxyl groups is 1. The van der Waals surface area contributed by atoms with Gasteiger partial charge in [0.1, 0.15) is 18.5 Å². The summed E-state index contributed by atoms with van der Waals surface area (Å²) in [5.41, 5.74) is 5.43. The molecule has 2 atom stereocenters. The Morgan fingerprint density at radius 2 is 1.80 bits per heavy atom. The molecule has 0 spiro atoms. The Bertz CT molecular complexity index is 484. The fourth-order valence-electron chi connectivity index (χ4n) is 1.44. The highest BCUT2D eigenvalue weighted by Gasteiger charge is 2.23. The van der Waals surface area contributed by atoms with Crippen LogP contribution in [0.4, 0.5) is 17.6 Å². The average Bonchev–Trinajstić information content (AvgIpc) is 2.35. The van der Waals surface area contributed by atoms with Crippen LogP contribution in [0.2, 0.25) is 0 Å². The minimum Gasteiger partial charge on any atom is -0.485 e. The molecular weight excluding hydrogens is 282 g/mol. The van der Waals surface area contributed by atoms with Gasteiger partial charge in [-0.3, -0.25) is 4.79 Å². The number of ketones is 1. The van der Waals surface area contributed by atoms with E-state index in [1.807, 2.05) is 0 Å². The normalized spacial score (nSPS) is 13.9. The zero-order chi connectivity index (χ0) is 15.4. The molecule has 3 N–H and O–H groups in total. The molecule has 0 aromatic heterocycles. The molecule has 112 valence electrons. The van der Waals surface area contributed by atoms with Gasteiger partial charge >= 0.3 is 0 Å². The van der Waals surface area contributed by atoms with Crippen LogP contribution >= 0.6 is 0 Å². The van der Waals surface area contributed by atoms with E-state index in [-0.39, 0.29) is 18.3 Å². The van der Waals surface area contributed by atoms with Crippen molar-refractivity contribution in [3.63, 3.8) is 0 Å². The summed E-state index contributed by atoms with van der Waals surface area (Å²) in [7, 11) is 0. The Kier molecular flexibility index (Phi) is 5.46. The van der Waals surface area contributed by atoms with Crippen molar-refractivity contribution < 1.29 is 32.2 Å². The summed E-state index contributed by atoms with van der Waals surface area (Å²) in [6.45, 7) is 0.528. The average molecular weight is 295 g/mol. The molecule has 0 fully saturated rings. The van der Waals surface area contributed by atoms with Crippen LogP contribution in [0, 0.1) is 23.3 Å². The van der Waals surface area contributed by atoms with Gasteiger partial charge < -0.3 is 15.6 Å². The van der Waals surface area contributed by atoms with E-state index < -0.39 is 47.8 Å². The van der Waals surface area contributed by atoms with E-state index >= 15 is 0 Å². The second kappa shape index (κ2) is 6.67. The summed E-state index contributed by atoms with van der Waals surface area (Å²) in [6.07, 6.45) is -1.60. The lowest BCUT2D eigenvalue weighted by atomic mass is 10.1. The molecule has 20 heavy (non-hydrogen) atoms. The predicted octanol–water partition coefficient (Wildman–Crippen LogP) is 1.29. The van der Waals surface area contributed by atoms with Crippen LogP contribution < -0.4 is 10.5 Å². The van der Waals surface area contributed by atoms with E-state index in [4.69, 9.17) is 5.73 Å². The van der Waals surface area contributed by atoms with Gasteiger partial charge in [-0.2, -0.15) is 8.78 Å². The van der Waals surface area contributed by atoms with Gasteiger partial charge in [-0.25, -0.2) is 8.78 Å². The van der Waals surface area contributed by atoms with Gasteiger partial charge in [-0.1, -0.05) is 0 Å². The summed E-state index contributed by atoms with van der Waals surface area (Å²) in [4.78, 5) is 10.8. The maximum absolute atomic E-state index is 13.2. The maximum atomic E-state index is 13.2. The lowest BCUT2D eigenvalue weighted by molar-refractivity contribution is -0.118. The number of rotatable bonds is 6. The van der Waals surface area contributed by atoms with Crippen LogP contribution in [0.25, 0.3) is 0 Å². The van der Waals surface area contributed by atoms with E-state index in [1.54, 1.807) is 0 Å². The minimum absolute atomic E-state index is 0.0371. The molecule has 0 aliphatic rings. The van der Waals surface area contributed by atoms with E-state index in [9.17, 15) is 27.5 Å². The first-order chi connectivity index (χ1) is 9.23. The van der Waals surface area contributed by atoms with Crippen molar-refractivity contribution in [2.45, 2.75) is 25.5 Å². The molecule has 0 saturated heterocycles. The van der Waals surface area contributed by atoms with Crippen LogP contribution in [-0.4, -0.2) is 29.6 Å². The highest BCUT2D eigenvalue weighted by Crippen LogP contribution is 2.26. The van der Waals surface area contributed by atoms with Crippen LogP contribution in [0.15, 0.2) is 6.07 Å². The third kappa shape index (κ3) is 3.91. The number of benzene rings is 1. The zero-order valence-electron chi connectivity index (χ0n) is 10.5. The smallest absolute Gasteiger partial charge is 0.203 e. The second-order valence-corrected chi connectivity index (χ2v) is 4.25. The van der Waals surface area contributed by atoms with Crippen molar-refractivity contribution in [1.82, 2.24) is 0 Å². The standard InChI is InChI=1S/C12H13F4NO3/c1-5(18)2-8(17)9(19)4-20-12-10(15)6(13)3-7(14)11(12)16/h3,8-9,19H,2,4,17H2,1H3/t8-,9?/m0/s1. The highest BCUT2D eigenvalue weighted by atomic mass is 19.2. The van der Waals surface area contributed by atoms with Crippen molar-refractivity contribution in [2.24, 2.45) is 5.73 Å². The first kappa shape index (κ1) is 16.4. The fraction of sp³-hybridized carbons (Fsp3) is 0.417. The number of hydrogen-bond donors (Lipinski definition) is 2. The molecule has 0 radical (unpaired) electrons. The number of carbonyl (C=O) groups is 1. The number of carbonyl (C=O) groups excluding carboxylic acids is 1. The van der Waals surface area contributed by atoms with Gasteiger partial charge in [-0.05, 0) is 6.92 Å². The molecule has 0 heterocycles. The largest absolute Gasteiger partial charge is 0.485 e. The number of halogens is 4. The molecule has 1 aromatic carbocycles. The molecule has 0 aliphatic heterocycles. The SMILES string of the molecule is CC(=O)C[C@H](N)C(O)COc1c(F)c(F)cc(F)c1F. The monoisotopic (exact) mass is 295 g/mol. The first-order valence-electron chi connectivity index (χ1n) is 5.63. The van der Waals surface area contributed by atoms with Crippen molar-refractivity contribution in [3.05, 3.63) is 29.3 Å². The molecule has 0 bridgehead atoms. The van der Waals surface area contributed by atoms with Crippen LogP contribution in [-0.2, 0) is 4.79 Å². The summed E-state index contributed by atoms with van der Waals surface area (Å²) < 4.78 is 56.7. The fourth-order valence-corrected chi connectivity index (χ4v) is 1.44. The maximum Gasteiger partial charge on any atom is 0.203 e. The quantitative estimate of drug-likeness (QED) is 0.613. The molecule has 0 saturated carbocycles. The Morgan fingerprint density at radius 3 is 2.25 bits per heavy atom. The lowest BCUT2D eigenvalue weighted by Crippen LogP contribution is -2.40. The van der Waals surface area contributed by atoms with Gasteiger partial charge in [0, 0.05) is 18.5 Å². The Balaban J connectivity index is 2.78. The first-order valence-corrected chi connectivity index (χ1v) is 5.63. The molecular formula is C12H13F4NO3. The molecule has 4 nitrogen and oxygen atoms in total. The van der Waals surface area contributed by atoms with Crippen LogP contribution in [0.1, 0.15) is 13.3 Å². The van der Waals surface area contributed by atoms with E-state index in [1.165, 1.54) is 6.92 Å². The van der Waals surface area contributed by atoms with Gasteiger partial charge in [-0.15, -0.1) is 0 Å². The second-order valence-electron chi connectivity index (χ2n) is 4.25. The third-order valence-corrected chi connectivity index (χ3v) is 2.49. The Morgan fingerprint density at radius 1 is 1.30 bits per heavy atom. The van der Waals surface area contributed by atoms with Crippen molar-refractivity contribution in [3.8, 4) is 5.75 Å². The van der Waals surface area contributed by atoms with Crippen molar-refractivity contribution >= 4 is 5.78 Å². The molecule has 8 heteroatoms. The van der Waals surface area contributed by atoms with E-state index in [0.717, 1.165) is 0 Å². The number of ether oxygens (including phenoxy) is 1. The Hall–Kier alpha value is -1.67. The highest BCUT2D eigenvalue weighted by molar-refractivity contribution is 5.76. The van der Waals surface area contributed by atoms with E-state index in [2.05, 4.69) is 4.74 Å². The number of Topliss-reactive ketones (excluding diaryl/α,β-unsaturated/α-hetero) is 1. The zero-order valence-corrected chi connectivity index (χ0v) is 10.5. The third-order valence-electron chi connectivity index (χ3n) is 2.49. The van der Waals surface area contributed by atoms with Gasteiger partial charge in [0.25, 0.3) is 0 Å². The summed E-state index contributed by atoms with van der Waals surface area (Å²) in [6, 6.07) is -0.979. The topological polar surface area (TPSA) is 72.6 Å². The van der Waals surface area contributed by atoms with Crippen LogP contribution in [0.5, 0.6) is 5.75 Å².